The number of carbonyl (C=O) groups is 1. The first-order valence-electron chi connectivity index (χ1n) is 6.03. The average Bonchev–Trinajstić information content (AvgIpc) is 2.77. The first-order valence-corrected chi connectivity index (χ1v) is 8.26. The molecule has 108 valence electrons. The van der Waals surface area contributed by atoms with Gasteiger partial charge in [0.25, 0.3) is 10.7 Å². The minimum Gasteiger partial charge on any atom is -0.429 e. The number of hydrogen-bond acceptors (Lipinski definition) is 5. The number of carbonyl (C=O) groups excluding carboxylic acids is 1. The summed E-state index contributed by atoms with van der Waals surface area (Å²) < 4.78 is 27.8. The molecule has 8 heteroatoms. The molecule has 0 aliphatic heterocycles. The van der Waals surface area contributed by atoms with Crippen molar-refractivity contribution in [2.75, 3.05) is 18.1 Å². The number of sulfone groups is 1. The van der Waals surface area contributed by atoms with Gasteiger partial charge < -0.3 is 14.7 Å². The van der Waals surface area contributed by atoms with Crippen molar-refractivity contribution in [1.82, 2.24) is 10.3 Å². The molecule has 0 atom stereocenters. The molecule has 0 bridgehead atoms. The Morgan fingerprint density at radius 3 is 2.90 bits per heavy atom. The quantitative estimate of drug-likeness (QED) is 0.819. The van der Waals surface area contributed by atoms with Gasteiger partial charge in [-0.3, -0.25) is 4.79 Å². The summed E-state index contributed by atoms with van der Waals surface area (Å²) in [6.45, 7) is 1.66. The van der Waals surface area contributed by atoms with Gasteiger partial charge >= 0.3 is 0 Å². The Morgan fingerprint density at radius 2 is 2.20 bits per heavy atom. The highest BCUT2D eigenvalue weighted by atomic mass is 32.2. The maximum atomic E-state index is 11.9. The fourth-order valence-electron chi connectivity index (χ4n) is 1.65. The van der Waals surface area contributed by atoms with Crippen LogP contribution in [0.1, 0.15) is 17.3 Å². The maximum Gasteiger partial charge on any atom is 0.266 e. The Morgan fingerprint density at radius 1 is 1.45 bits per heavy atom. The Bertz CT molecular complexity index is 789. The van der Waals surface area contributed by atoms with Crippen LogP contribution in [0.5, 0.6) is 0 Å². The second-order valence-electron chi connectivity index (χ2n) is 4.22. The van der Waals surface area contributed by atoms with Crippen molar-refractivity contribution in [2.45, 2.75) is 6.92 Å². The lowest BCUT2D eigenvalue weighted by Gasteiger charge is -2.05. The first kappa shape index (κ1) is 14.7. The van der Waals surface area contributed by atoms with Crippen molar-refractivity contribution in [1.29, 1.82) is 0 Å². The number of nitrogens with one attached hydrogen (secondary N) is 2. The maximum absolute atomic E-state index is 11.9. The molecule has 6 nitrogen and oxygen atoms in total. The van der Waals surface area contributed by atoms with Crippen LogP contribution < -0.4 is 5.32 Å². The molecule has 0 saturated carbocycles. The summed E-state index contributed by atoms with van der Waals surface area (Å²) in [5.74, 6) is -0.346. The van der Waals surface area contributed by atoms with Crippen molar-refractivity contribution in [2.24, 2.45) is 0 Å². The third-order valence-electron chi connectivity index (χ3n) is 2.82. The highest BCUT2D eigenvalue weighted by molar-refractivity contribution is 7.91. The van der Waals surface area contributed by atoms with Gasteiger partial charge in [-0.05, 0) is 30.4 Å². The molecule has 20 heavy (non-hydrogen) atoms. The molecule has 0 saturated heterocycles. The fourth-order valence-corrected chi connectivity index (χ4v) is 2.55. The molecule has 0 radical (unpaired) electrons. The summed E-state index contributed by atoms with van der Waals surface area (Å²) in [6, 6.07) is 4.87. The molecular formula is C12H14N2O4S2. The van der Waals surface area contributed by atoms with Crippen molar-refractivity contribution in [3.05, 3.63) is 28.6 Å². The molecule has 0 spiro atoms. The second kappa shape index (κ2) is 5.76. The third-order valence-corrected chi connectivity index (χ3v) is 4.71. The van der Waals surface area contributed by atoms with Crippen molar-refractivity contribution in [3.8, 4) is 0 Å². The molecule has 2 rings (SSSR count). The van der Waals surface area contributed by atoms with Crippen LogP contribution in [0, 0.1) is 4.84 Å². The molecule has 1 amide bonds. The van der Waals surface area contributed by atoms with Gasteiger partial charge in [0.15, 0.2) is 15.4 Å². The smallest absolute Gasteiger partial charge is 0.266 e. The molecule has 1 heterocycles. The van der Waals surface area contributed by atoms with E-state index in [-0.39, 0.29) is 28.8 Å². The summed E-state index contributed by atoms with van der Waals surface area (Å²) in [5.41, 5.74) is 1.59. The monoisotopic (exact) mass is 314 g/mol. The van der Waals surface area contributed by atoms with Gasteiger partial charge in [0.2, 0.25) is 0 Å². The number of H-pyrrole nitrogens is 1. The van der Waals surface area contributed by atoms with E-state index in [0.29, 0.717) is 16.7 Å². The number of rotatable bonds is 5. The molecule has 2 N–H and O–H groups in total. The number of aromatic nitrogens is 1. The van der Waals surface area contributed by atoms with Crippen LogP contribution in [0.4, 0.5) is 0 Å². The largest absolute Gasteiger partial charge is 0.429 e. The highest BCUT2D eigenvalue weighted by Gasteiger charge is 2.11. The van der Waals surface area contributed by atoms with E-state index in [0.717, 1.165) is 0 Å². The van der Waals surface area contributed by atoms with Gasteiger partial charge in [0.05, 0.1) is 11.3 Å². The number of fused-ring (bicyclic) bond motifs is 1. The van der Waals surface area contributed by atoms with Gasteiger partial charge in [-0.25, -0.2) is 8.42 Å². The zero-order chi connectivity index (χ0) is 14.8. The molecule has 1 aromatic carbocycles. The van der Waals surface area contributed by atoms with E-state index in [2.05, 4.69) is 10.3 Å². The van der Waals surface area contributed by atoms with Crippen LogP contribution in [-0.2, 0) is 9.84 Å². The Hall–Kier alpha value is -1.67. The summed E-state index contributed by atoms with van der Waals surface area (Å²) >= 11 is 4.86. The second-order valence-corrected chi connectivity index (χ2v) is 7.06. The van der Waals surface area contributed by atoms with Gasteiger partial charge in [-0.2, -0.15) is 0 Å². The number of hydrogen-bond donors (Lipinski definition) is 2. The Balaban J connectivity index is 2.06. The van der Waals surface area contributed by atoms with Crippen molar-refractivity contribution >= 4 is 39.1 Å². The number of aromatic amines is 1. The van der Waals surface area contributed by atoms with Crippen LogP contribution in [0.2, 0.25) is 0 Å². The summed E-state index contributed by atoms with van der Waals surface area (Å²) in [7, 11) is -3.08. The molecule has 2 aromatic rings. The Labute approximate surface area is 121 Å². The number of amides is 1. The van der Waals surface area contributed by atoms with E-state index >= 15 is 0 Å². The fraction of sp³-hybridized carbons (Fsp3) is 0.333. The molecule has 0 unspecified atom stereocenters. The van der Waals surface area contributed by atoms with E-state index in [1.807, 2.05) is 0 Å². The van der Waals surface area contributed by atoms with Gasteiger partial charge in [0, 0.05) is 17.9 Å². The van der Waals surface area contributed by atoms with E-state index in [1.54, 1.807) is 25.1 Å². The molecule has 1 aromatic heterocycles. The predicted molar refractivity (Wildman–Crippen MR) is 78.1 cm³/mol. The van der Waals surface area contributed by atoms with Crippen LogP contribution in [0.25, 0.3) is 11.1 Å². The normalized spacial score (nSPS) is 11.7. The number of benzene rings is 1. The van der Waals surface area contributed by atoms with E-state index in [1.165, 1.54) is 0 Å². The van der Waals surface area contributed by atoms with Crippen LogP contribution in [-0.4, -0.2) is 37.4 Å². The summed E-state index contributed by atoms with van der Waals surface area (Å²) in [6.07, 6.45) is 0. The average molecular weight is 314 g/mol. The SMILES string of the molecule is CCS(=O)(=O)CCNC(=O)c1ccc2[nH]c(=S)oc2c1. The van der Waals surface area contributed by atoms with E-state index < -0.39 is 9.84 Å². The molecular weight excluding hydrogens is 300 g/mol. The molecule has 0 aliphatic carbocycles. The van der Waals surface area contributed by atoms with Gasteiger partial charge in [-0.15, -0.1) is 0 Å². The lowest BCUT2D eigenvalue weighted by atomic mass is 10.2. The minimum atomic E-state index is -3.08. The van der Waals surface area contributed by atoms with Crippen molar-refractivity contribution < 1.29 is 17.6 Å². The third kappa shape index (κ3) is 3.45. The first-order chi connectivity index (χ1) is 9.41. The highest BCUT2D eigenvalue weighted by Crippen LogP contribution is 2.15. The lowest BCUT2D eigenvalue weighted by molar-refractivity contribution is 0.0956. The predicted octanol–water partition coefficient (Wildman–Crippen LogP) is 1.65. The zero-order valence-corrected chi connectivity index (χ0v) is 12.4. The summed E-state index contributed by atoms with van der Waals surface area (Å²) in [4.78, 5) is 15.0. The molecule has 0 aliphatic rings. The van der Waals surface area contributed by atoms with Gasteiger partial charge in [0.1, 0.15) is 0 Å². The summed E-state index contributed by atoms with van der Waals surface area (Å²) in [5, 5.41) is 2.56. The van der Waals surface area contributed by atoms with Crippen LogP contribution in [0.15, 0.2) is 22.6 Å². The standard InChI is InChI=1S/C12H14N2O4S2/c1-2-20(16,17)6-5-13-11(15)8-3-4-9-10(7-8)18-12(19)14-9/h3-4,7H,2,5-6H2,1H3,(H,13,15)(H,14,19). The minimum absolute atomic E-state index is 0.0671. The van der Waals surface area contributed by atoms with Crippen molar-refractivity contribution in [3.63, 3.8) is 0 Å². The molecule has 0 fully saturated rings. The van der Waals surface area contributed by atoms with E-state index in [9.17, 15) is 13.2 Å². The van der Waals surface area contributed by atoms with Crippen LogP contribution in [0.3, 0.4) is 0 Å². The van der Waals surface area contributed by atoms with Crippen LogP contribution >= 0.6 is 12.2 Å². The zero-order valence-electron chi connectivity index (χ0n) is 10.8. The number of oxazole rings is 1. The Kier molecular flexibility index (Phi) is 4.24. The van der Waals surface area contributed by atoms with Gasteiger partial charge in [-0.1, -0.05) is 6.92 Å². The van der Waals surface area contributed by atoms with E-state index in [4.69, 9.17) is 16.6 Å². The lowest BCUT2D eigenvalue weighted by Crippen LogP contribution is -2.29. The topological polar surface area (TPSA) is 92.2 Å².